The normalized spacial score (nSPS) is 20.1. The highest BCUT2D eigenvalue weighted by Gasteiger charge is 2.26. The summed E-state index contributed by atoms with van der Waals surface area (Å²) >= 11 is 0. The van der Waals surface area contributed by atoms with E-state index in [9.17, 15) is 0 Å². The van der Waals surface area contributed by atoms with Gasteiger partial charge in [-0.05, 0) is 27.7 Å². The zero-order chi connectivity index (χ0) is 16.4. The highest BCUT2D eigenvalue weighted by atomic mass is 16.5. The van der Waals surface area contributed by atoms with Gasteiger partial charge >= 0.3 is 0 Å². The number of aromatic nitrogens is 5. The Labute approximate surface area is 137 Å². The third-order valence-corrected chi connectivity index (χ3v) is 4.15. The highest BCUT2D eigenvalue weighted by Crippen LogP contribution is 2.22. The first-order valence-electron chi connectivity index (χ1n) is 8.23. The monoisotopic (exact) mass is 318 g/mol. The third-order valence-electron chi connectivity index (χ3n) is 4.15. The lowest BCUT2D eigenvalue weighted by atomic mass is 10.1. The van der Waals surface area contributed by atoms with Crippen LogP contribution in [0.2, 0.25) is 0 Å². The second-order valence-corrected chi connectivity index (χ2v) is 7.03. The molecule has 0 radical (unpaired) electrons. The van der Waals surface area contributed by atoms with Gasteiger partial charge < -0.3 is 9.30 Å². The van der Waals surface area contributed by atoms with Crippen LogP contribution in [0, 0.1) is 0 Å². The van der Waals surface area contributed by atoms with Gasteiger partial charge in [-0.15, -0.1) is 10.2 Å². The molecule has 2 aromatic rings. The quantitative estimate of drug-likeness (QED) is 0.860. The summed E-state index contributed by atoms with van der Waals surface area (Å²) in [6.07, 6.45) is 5.86. The molecular weight excluding hydrogens is 292 g/mol. The number of morpholine rings is 1. The number of aryl methyl sites for hydroxylation is 1. The van der Waals surface area contributed by atoms with Crippen molar-refractivity contribution in [3.63, 3.8) is 0 Å². The molecule has 1 saturated heterocycles. The van der Waals surface area contributed by atoms with Gasteiger partial charge in [0, 0.05) is 37.9 Å². The van der Waals surface area contributed by atoms with E-state index < -0.39 is 0 Å². The van der Waals surface area contributed by atoms with Gasteiger partial charge in [0.15, 0.2) is 5.82 Å². The molecule has 1 aliphatic rings. The van der Waals surface area contributed by atoms with E-state index in [4.69, 9.17) is 4.74 Å². The van der Waals surface area contributed by atoms with Crippen molar-refractivity contribution in [3.8, 4) is 0 Å². The van der Waals surface area contributed by atoms with Gasteiger partial charge in [-0.25, -0.2) is 0 Å². The highest BCUT2D eigenvalue weighted by molar-refractivity contribution is 5.06. The van der Waals surface area contributed by atoms with E-state index in [0.717, 1.165) is 32.0 Å². The average molecular weight is 318 g/mol. The Morgan fingerprint density at radius 1 is 1.35 bits per heavy atom. The number of hydrogen-bond donors (Lipinski definition) is 0. The topological polar surface area (TPSA) is 61.0 Å². The predicted octanol–water partition coefficient (Wildman–Crippen LogP) is 1.82. The fourth-order valence-corrected chi connectivity index (χ4v) is 2.83. The molecule has 0 unspecified atom stereocenters. The maximum absolute atomic E-state index is 5.91. The molecule has 1 fully saturated rings. The maximum atomic E-state index is 5.91. The van der Waals surface area contributed by atoms with E-state index in [0.29, 0.717) is 6.61 Å². The molecule has 0 amide bonds. The molecule has 0 aromatic carbocycles. The molecule has 126 valence electrons. The van der Waals surface area contributed by atoms with Crippen LogP contribution in [-0.2, 0) is 23.4 Å². The molecule has 0 aliphatic carbocycles. The van der Waals surface area contributed by atoms with Gasteiger partial charge in [-0.1, -0.05) is 0 Å². The zero-order valence-corrected chi connectivity index (χ0v) is 14.4. The van der Waals surface area contributed by atoms with Crippen LogP contribution in [0.25, 0.3) is 0 Å². The van der Waals surface area contributed by atoms with Crippen molar-refractivity contribution in [1.82, 2.24) is 29.4 Å². The van der Waals surface area contributed by atoms with Gasteiger partial charge in [0.25, 0.3) is 0 Å². The van der Waals surface area contributed by atoms with Crippen LogP contribution in [0.15, 0.2) is 18.7 Å². The predicted molar refractivity (Wildman–Crippen MR) is 86.9 cm³/mol. The summed E-state index contributed by atoms with van der Waals surface area (Å²) in [4.78, 5) is 2.40. The van der Waals surface area contributed by atoms with Crippen LogP contribution in [0.1, 0.15) is 45.2 Å². The summed E-state index contributed by atoms with van der Waals surface area (Å²) < 4.78 is 9.98. The van der Waals surface area contributed by atoms with Gasteiger partial charge in [-0.2, -0.15) is 5.10 Å². The largest absolute Gasteiger partial charge is 0.368 e. The van der Waals surface area contributed by atoms with Crippen LogP contribution in [-0.4, -0.2) is 49.1 Å². The molecule has 2 aromatic heterocycles. The Morgan fingerprint density at radius 2 is 2.17 bits per heavy atom. The summed E-state index contributed by atoms with van der Waals surface area (Å²) in [5.74, 6) is 0.919. The Hall–Kier alpha value is -1.73. The van der Waals surface area contributed by atoms with E-state index >= 15 is 0 Å². The first kappa shape index (κ1) is 16.1. The van der Waals surface area contributed by atoms with Crippen molar-refractivity contribution in [2.75, 3.05) is 19.7 Å². The zero-order valence-electron chi connectivity index (χ0n) is 14.4. The molecule has 1 aliphatic heterocycles. The summed E-state index contributed by atoms with van der Waals surface area (Å²) in [5, 5.41) is 12.7. The number of nitrogens with zero attached hydrogens (tertiary/aromatic N) is 6. The van der Waals surface area contributed by atoms with E-state index in [1.807, 2.05) is 15.4 Å². The maximum Gasteiger partial charge on any atom is 0.163 e. The van der Waals surface area contributed by atoms with Gasteiger partial charge in [-0.3, -0.25) is 9.58 Å². The lowest BCUT2D eigenvalue weighted by molar-refractivity contribution is -0.0388. The molecule has 0 saturated carbocycles. The first-order chi connectivity index (χ1) is 11.0. The van der Waals surface area contributed by atoms with Crippen LogP contribution in [0.5, 0.6) is 0 Å². The Kier molecular flexibility index (Phi) is 4.50. The van der Waals surface area contributed by atoms with Crippen LogP contribution >= 0.6 is 0 Å². The Morgan fingerprint density at radius 3 is 2.87 bits per heavy atom. The molecule has 7 nitrogen and oxygen atoms in total. The Balaban J connectivity index is 1.66. The number of rotatable bonds is 4. The summed E-state index contributed by atoms with van der Waals surface area (Å²) in [6, 6.07) is 0. The molecule has 0 N–H and O–H groups in total. The third kappa shape index (κ3) is 3.61. The van der Waals surface area contributed by atoms with Crippen LogP contribution in [0.4, 0.5) is 0 Å². The number of ether oxygens (including phenoxy) is 1. The van der Waals surface area contributed by atoms with Crippen LogP contribution < -0.4 is 0 Å². The van der Waals surface area contributed by atoms with E-state index in [1.54, 1.807) is 6.33 Å². The molecule has 0 spiro atoms. The smallest absolute Gasteiger partial charge is 0.163 e. The molecule has 0 bridgehead atoms. The van der Waals surface area contributed by atoms with Gasteiger partial charge in [0.05, 0.1) is 18.3 Å². The molecule has 7 heteroatoms. The first-order valence-corrected chi connectivity index (χ1v) is 8.23. The lowest BCUT2D eigenvalue weighted by Crippen LogP contribution is -2.38. The lowest BCUT2D eigenvalue weighted by Gasteiger charge is -2.32. The molecule has 1 atom stereocenters. The van der Waals surface area contributed by atoms with E-state index in [2.05, 4.69) is 54.1 Å². The van der Waals surface area contributed by atoms with E-state index in [-0.39, 0.29) is 11.6 Å². The SMILES string of the molecule is CCn1cnnc1[C@H]1CN(Cc2cnn(C(C)(C)C)c2)CCO1. The van der Waals surface area contributed by atoms with Crippen molar-refractivity contribution in [2.45, 2.75) is 52.4 Å². The Bertz CT molecular complexity index is 641. The van der Waals surface area contributed by atoms with Crippen LogP contribution in [0.3, 0.4) is 0 Å². The van der Waals surface area contributed by atoms with Crippen molar-refractivity contribution in [2.24, 2.45) is 0 Å². The summed E-state index contributed by atoms with van der Waals surface area (Å²) in [6.45, 7) is 12.8. The standard InChI is InChI=1S/C16H26N6O/c1-5-21-12-17-19-15(21)14-11-20(6-7-23-14)9-13-8-18-22(10-13)16(2,3)4/h8,10,12,14H,5-7,9,11H2,1-4H3/t14-/m1/s1. The van der Waals surface area contributed by atoms with Crippen molar-refractivity contribution in [3.05, 3.63) is 30.1 Å². The molecular formula is C16H26N6O. The fraction of sp³-hybridized carbons (Fsp3) is 0.688. The van der Waals surface area contributed by atoms with Crippen molar-refractivity contribution in [1.29, 1.82) is 0 Å². The average Bonchev–Trinajstić information content (AvgIpc) is 3.15. The summed E-state index contributed by atoms with van der Waals surface area (Å²) in [7, 11) is 0. The molecule has 3 rings (SSSR count). The molecule has 3 heterocycles. The second-order valence-electron chi connectivity index (χ2n) is 7.03. The number of hydrogen-bond acceptors (Lipinski definition) is 5. The van der Waals surface area contributed by atoms with Crippen molar-refractivity contribution < 1.29 is 4.74 Å². The second kappa shape index (κ2) is 6.41. The van der Waals surface area contributed by atoms with Gasteiger partial charge in [0.2, 0.25) is 0 Å². The fourth-order valence-electron chi connectivity index (χ4n) is 2.83. The minimum Gasteiger partial charge on any atom is -0.368 e. The van der Waals surface area contributed by atoms with E-state index in [1.165, 1.54) is 5.56 Å². The van der Waals surface area contributed by atoms with Crippen molar-refractivity contribution >= 4 is 0 Å². The summed E-state index contributed by atoms with van der Waals surface area (Å²) in [5.41, 5.74) is 1.25. The van der Waals surface area contributed by atoms with Gasteiger partial charge in [0.1, 0.15) is 12.4 Å². The molecule has 23 heavy (non-hydrogen) atoms. The minimum atomic E-state index is -0.0103. The minimum absolute atomic E-state index is 0.0103.